The highest BCUT2D eigenvalue weighted by Gasteiger charge is 2.19. The standard InChI is InChI=1S/C20H19N3O2S/c1-14(19(25)16-8-10-17(11-9-16)22-15(2)24)26-20-21-12-13-23(20)18-6-4-3-5-7-18/h3-14H,1-2H3,(H,22,24). The van der Waals surface area contributed by atoms with Crippen molar-refractivity contribution in [1.82, 2.24) is 9.55 Å². The van der Waals surface area contributed by atoms with Gasteiger partial charge in [0.2, 0.25) is 5.91 Å². The van der Waals surface area contributed by atoms with Crippen molar-refractivity contribution in [3.8, 4) is 5.69 Å². The number of hydrogen-bond acceptors (Lipinski definition) is 4. The summed E-state index contributed by atoms with van der Waals surface area (Å²) in [6.45, 7) is 3.32. The number of anilines is 1. The van der Waals surface area contributed by atoms with Crippen LogP contribution in [-0.4, -0.2) is 26.5 Å². The average Bonchev–Trinajstić information content (AvgIpc) is 3.10. The Morgan fingerprint density at radius 3 is 2.42 bits per heavy atom. The maximum absolute atomic E-state index is 12.7. The molecule has 1 atom stereocenters. The van der Waals surface area contributed by atoms with E-state index in [1.807, 2.05) is 48.0 Å². The Balaban J connectivity index is 1.72. The van der Waals surface area contributed by atoms with Crippen LogP contribution in [0.2, 0.25) is 0 Å². The van der Waals surface area contributed by atoms with Gasteiger partial charge in [0.25, 0.3) is 0 Å². The van der Waals surface area contributed by atoms with Crippen LogP contribution in [0.5, 0.6) is 0 Å². The molecule has 0 saturated heterocycles. The number of nitrogens with zero attached hydrogens (tertiary/aromatic N) is 2. The summed E-state index contributed by atoms with van der Waals surface area (Å²) in [4.78, 5) is 28.2. The molecule has 0 radical (unpaired) electrons. The van der Waals surface area contributed by atoms with Crippen LogP contribution in [-0.2, 0) is 4.79 Å². The minimum Gasteiger partial charge on any atom is -0.326 e. The van der Waals surface area contributed by atoms with E-state index in [1.54, 1.807) is 30.5 Å². The van der Waals surface area contributed by atoms with Gasteiger partial charge < -0.3 is 5.32 Å². The molecular formula is C20H19N3O2S. The first-order chi connectivity index (χ1) is 12.5. The zero-order chi connectivity index (χ0) is 18.5. The van der Waals surface area contributed by atoms with Crippen molar-refractivity contribution in [2.24, 2.45) is 0 Å². The van der Waals surface area contributed by atoms with Crippen LogP contribution >= 0.6 is 11.8 Å². The summed E-state index contributed by atoms with van der Waals surface area (Å²) in [7, 11) is 0. The molecule has 1 heterocycles. The summed E-state index contributed by atoms with van der Waals surface area (Å²) in [5.41, 5.74) is 2.29. The number of carbonyl (C=O) groups excluding carboxylic acids is 2. The lowest BCUT2D eigenvalue weighted by Crippen LogP contribution is -2.14. The number of benzene rings is 2. The van der Waals surface area contributed by atoms with Crippen molar-refractivity contribution in [3.63, 3.8) is 0 Å². The van der Waals surface area contributed by atoms with Crippen molar-refractivity contribution < 1.29 is 9.59 Å². The van der Waals surface area contributed by atoms with Crippen LogP contribution in [0.4, 0.5) is 5.69 Å². The zero-order valence-electron chi connectivity index (χ0n) is 14.5. The number of ketones is 1. The third-order valence-electron chi connectivity index (χ3n) is 3.78. The van der Waals surface area contributed by atoms with E-state index in [1.165, 1.54) is 18.7 Å². The molecule has 0 aliphatic rings. The summed E-state index contributed by atoms with van der Waals surface area (Å²) in [6.07, 6.45) is 3.62. The minimum absolute atomic E-state index is 0.0204. The summed E-state index contributed by atoms with van der Waals surface area (Å²) < 4.78 is 1.97. The van der Waals surface area contributed by atoms with E-state index in [2.05, 4.69) is 10.3 Å². The number of thioether (sulfide) groups is 1. The van der Waals surface area contributed by atoms with Gasteiger partial charge in [-0.3, -0.25) is 14.2 Å². The fraction of sp³-hybridized carbons (Fsp3) is 0.150. The molecule has 26 heavy (non-hydrogen) atoms. The first-order valence-corrected chi connectivity index (χ1v) is 9.10. The summed E-state index contributed by atoms with van der Waals surface area (Å²) in [5.74, 6) is -0.118. The predicted molar refractivity (Wildman–Crippen MR) is 104 cm³/mol. The second-order valence-electron chi connectivity index (χ2n) is 5.80. The summed E-state index contributed by atoms with van der Waals surface area (Å²) in [5, 5.41) is 3.18. The normalized spacial score (nSPS) is 11.8. The van der Waals surface area contributed by atoms with Crippen molar-refractivity contribution in [2.75, 3.05) is 5.32 Å². The predicted octanol–water partition coefficient (Wildman–Crippen LogP) is 4.19. The third kappa shape index (κ3) is 4.21. The number of aromatic nitrogens is 2. The molecule has 0 aliphatic heterocycles. The number of carbonyl (C=O) groups is 2. The Labute approximate surface area is 156 Å². The van der Waals surface area contributed by atoms with E-state index in [0.717, 1.165) is 10.8 Å². The van der Waals surface area contributed by atoms with Gasteiger partial charge in [0.1, 0.15) is 0 Å². The van der Waals surface area contributed by atoms with Crippen molar-refractivity contribution in [1.29, 1.82) is 0 Å². The molecule has 2 aromatic carbocycles. The second-order valence-corrected chi connectivity index (χ2v) is 7.11. The Morgan fingerprint density at radius 2 is 1.77 bits per heavy atom. The first kappa shape index (κ1) is 17.9. The van der Waals surface area contributed by atoms with E-state index < -0.39 is 0 Å². The molecule has 1 amide bonds. The average molecular weight is 365 g/mol. The molecule has 0 aliphatic carbocycles. The van der Waals surface area contributed by atoms with Crippen LogP contribution in [0, 0.1) is 0 Å². The number of hydrogen-bond donors (Lipinski definition) is 1. The molecule has 132 valence electrons. The minimum atomic E-state index is -0.286. The smallest absolute Gasteiger partial charge is 0.221 e. The van der Waals surface area contributed by atoms with Crippen LogP contribution in [0.15, 0.2) is 72.1 Å². The van der Waals surface area contributed by atoms with E-state index >= 15 is 0 Å². The molecule has 5 nitrogen and oxygen atoms in total. The highest BCUT2D eigenvalue weighted by atomic mass is 32.2. The fourth-order valence-electron chi connectivity index (χ4n) is 2.53. The number of nitrogens with one attached hydrogen (secondary N) is 1. The first-order valence-electron chi connectivity index (χ1n) is 8.22. The number of Topliss-reactive ketones (excluding diaryl/α,β-unsaturated/α-hetero) is 1. The van der Waals surface area contributed by atoms with E-state index in [9.17, 15) is 9.59 Å². The highest BCUT2D eigenvalue weighted by Crippen LogP contribution is 2.27. The van der Waals surface area contributed by atoms with Gasteiger partial charge in [-0.2, -0.15) is 0 Å². The van der Waals surface area contributed by atoms with Gasteiger partial charge in [-0.15, -0.1) is 0 Å². The van der Waals surface area contributed by atoms with Crippen molar-refractivity contribution in [3.05, 3.63) is 72.6 Å². The van der Waals surface area contributed by atoms with Gasteiger partial charge in [-0.25, -0.2) is 4.98 Å². The van der Waals surface area contributed by atoms with Gasteiger partial charge >= 0.3 is 0 Å². The topological polar surface area (TPSA) is 64.0 Å². The lowest BCUT2D eigenvalue weighted by molar-refractivity contribution is -0.114. The second kappa shape index (κ2) is 8.01. The van der Waals surface area contributed by atoms with Crippen LogP contribution in [0.3, 0.4) is 0 Å². The van der Waals surface area contributed by atoms with Crippen LogP contribution in [0.1, 0.15) is 24.2 Å². The van der Waals surface area contributed by atoms with Gasteiger partial charge in [-0.05, 0) is 43.3 Å². The molecule has 1 N–H and O–H groups in total. The lowest BCUT2D eigenvalue weighted by atomic mass is 10.1. The number of amides is 1. The third-order valence-corrected chi connectivity index (χ3v) is 4.86. The zero-order valence-corrected chi connectivity index (χ0v) is 15.4. The molecule has 1 unspecified atom stereocenters. The number of imidazole rings is 1. The Kier molecular flexibility index (Phi) is 5.53. The summed E-state index contributed by atoms with van der Waals surface area (Å²) >= 11 is 1.42. The maximum atomic E-state index is 12.7. The molecule has 3 aromatic rings. The summed E-state index contributed by atoms with van der Waals surface area (Å²) in [6, 6.07) is 16.8. The largest absolute Gasteiger partial charge is 0.326 e. The molecule has 3 rings (SSSR count). The lowest BCUT2D eigenvalue weighted by Gasteiger charge is -2.12. The Hall–Kier alpha value is -2.86. The van der Waals surface area contributed by atoms with Crippen LogP contribution in [0.25, 0.3) is 5.69 Å². The quantitative estimate of drug-likeness (QED) is 0.525. The molecule has 0 bridgehead atoms. The van der Waals surface area contributed by atoms with Gasteiger partial charge in [-0.1, -0.05) is 30.0 Å². The monoisotopic (exact) mass is 365 g/mol. The number of para-hydroxylation sites is 1. The highest BCUT2D eigenvalue weighted by molar-refractivity contribution is 8.00. The number of rotatable bonds is 6. The molecule has 0 fully saturated rings. The van der Waals surface area contributed by atoms with E-state index in [-0.39, 0.29) is 16.9 Å². The van der Waals surface area contributed by atoms with Gasteiger partial charge in [0.05, 0.1) is 5.25 Å². The van der Waals surface area contributed by atoms with Gasteiger partial charge in [0.15, 0.2) is 10.9 Å². The SMILES string of the molecule is CC(=O)Nc1ccc(C(=O)C(C)Sc2nccn2-c2ccccc2)cc1. The molecule has 1 aromatic heterocycles. The maximum Gasteiger partial charge on any atom is 0.221 e. The van der Waals surface area contributed by atoms with Gasteiger partial charge in [0, 0.05) is 36.3 Å². The molecule has 0 spiro atoms. The van der Waals surface area contributed by atoms with Crippen molar-refractivity contribution in [2.45, 2.75) is 24.3 Å². The van der Waals surface area contributed by atoms with E-state index in [0.29, 0.717) is 11.3 Å². The molecular weight excluding hydrogens is 346 g/mol. The van der Waals surface area contributed by atoms with E-state index in [4.69, 9.17) is 0 Å². The Morgan fingerprint density at radius 1 is 1.08 bits per heavy atom. The fourth-order valence-corrected chi connectivity index (χ4v) is 3.49. The molecule has 6 heteroatoms. The Bertz CT molecular complexity index is 904. The van der Waals surface area contributed by atoms with Crippen LogP contribution < -0.4 is 5.32 Å². The van der Waals surface area contributed by atoms with Crippen molar-refractivity contribution >= 4 is 29.1 Å². The molecule has 0 saturated carbocycles.